The standard InChI is InChI=1S/C7H14N2O/c1-9(7(8)10)5-6-3-2-4-6/h6H,2-5H2,1H3,(H2,8,10). The molecular weight excluding hydrogens is 128 g/mol. The molecule has 0 heterocycles. The second-order valence-corrected chi connectivity index (χ2v) is 3.02. The van der Waals surface area contributed by atoms with Crippen molar-refractivity contribution in [3.8, 4) is 0 Å². The molecule has 2 amide bonds. The van der Waals surface area contributed by atoms with Gasteiger partial charge < -0.3 is 10.6 Å². The predicted octanol–water partition coefficient (Wildman–Crippen LogP) is 0.797. The van der Waals surface area contributed by atoms with Crippen molar-refractivity contribution in [2.24, 2.45) is 11.7 Å². The van der Waals surface area contributed by atoms with E-state index in [0.717, 1.165) is 12.5 Å². The van der Waals surface area contributed by atoms with Gasteiger partial charge in [0.05, 0.1) is 0 Å². The Morgan fingerprint density at radius 1 is 1.70 bits per heavy atom. The fourth-order valence-corrected chi connectivity index (χ4v) is 1.15. The van der Waals surface area contributed by atoms with Crippen LogP contribution in [-0.4, -0.2) is 24.5 Å². The minimum atomic E-state index is -0.313. The molecule has 10 heavy (non-hydrogen) atoms. The number of carbonyl (C=O) groups is 1. The van der Waals surface area contributed by atoms with E-state index in [-0.39, 0.29) is 6.03 Å². The molecule has 0 spiro atoms. The third-order valence-corrected chi connectivity index (χ3v) is 2.13. The third kappa shape index (κ3) is 1.62. The fraction of sp³-hybridized carbons (Fsp3) is 0.857. The number of nitrogens with zero attached hydrogens (tertiary/aromatic N) is 1. The van der Waals surface area contributed by atoms with Gasteiger partial charge in [-0.2, -0.15) is 0 Å². The molecule has 0 atom stereocenters. The Labute approximate surface area is 61.2 Å². The first kappa shape index (κ1) is 7.38. The van der Waals surface area contributed by atoms with Crippen molar-refractivity contribution >= 4 is 6.03 Å². The van der Waals surface area contributed by atoms with E-state index in [4.69, 9.17) is 5.73 Å². The number of hydrogen-bond acceptors (Lipinski definition) is 1. The Bertz CT molecular complexity index is 132. The summed E-state index contributed by atoms with van der Waals surface area (Å²) < 4.78 is 0. The van der Waals surface area contributed by atoms with Crippen LogP contribution in [0.5, 0.6) is 0 Å². The van der Waals surface area contributed by atoms with Crippen LogP contribution < -0.4 is 5.73 Å². The lowest BCUT2D eigenvalue weighted by Gasteiger charge is -2.29. The highest BCUT2D eigenvalue weighted by Crippen LogP contribution is 2.26. The molecule has 3 heteroatoms. The number of carbonyl (C=O) groups excluding carboxylic acids is 1. The largest absolute Gasteiger partial charge is 0.351 e. The molecule has 0 aromatic heterocycles. The van der Waals surface area contributed by atoms with Gasteiger partial charge >= 0.3 is 6.03 Å². The van der Waals surface area contributed by atoms with Crippen LogP contribution in [0.15, 0.2) is 0 Å². The van der Waals surface area contributed by atoms with Crippen LogP contribution in [0, 0.1) is 5.92 Å². The van der Waals surface area contributed by atoms with Gasteiger partial charge in [-0.3, -0.25) is 0 Å². The molecule has 0 aromatic rings. The maximum atomic E-state index is 10.5. The first-order valence-corrected chi connectivity index (χ1v) is 3.70. The van der Waals surface area contributed by atoms with E-state index >= 15 is 0 Å². The van der Waals surface area contributed by atoms with Crippen LogP contribution in [0.3, 0.4) is 0 Å². The summed E-state index contributed by atoms with van der Waals surface area (Å²) in [6.45, 7) is 0.843. The van der Waals surface area contributed by atoms with Crippen LogP contribution in [0.25, 0.3) is 0 Å². The topological polar surface area (TPSA) is 46.3 Å². The molecular formula is C7H14N2O. The molecule has 0 radical (unpaired) electrons. The van der Waals surface area contributed by atoms with Gasteiger partial charge in [-0.25, -0.2) is 4.79 Å². The Morgan fingerprint density at radius 3 is 2.60 bits per heavy atom. The van der Waals surface area contributed by atoms with E-state index in [1.54, 1.807) is 11.9 Å². The SMILES string of the molecule is CN(CC1CCC1)C(N)=O. The zero-order valence-corrected chi connectivity index (χ0v) is 6.34. The summed E-state index contributed by atoms with van der Waals surface area (Å²) >= 11 is 0. The summed E-state index contributed by atoms with van der Waals surface area (Å²) in [6, 6.07) is -0.313. The first-order valence-electron chi connectivity index (χ1n) is 3.70. The van der Waals surface area contributed by atoms with Crippen molar-refractivity contribution in [3.05, 3.63) is 0 Å². The van der Waals surface area contributed by atoms with Gasteiger partial charge in [0, 0.05) is 13.6 Å². The van der Waals surface area contributed by atoms with Crippen molar-refractivity contribution < 1.29 is 4.79 Å². The lowest BCUT2D eigenvalue weighted by atomic mass is 9.85. The Kier molecular flexibility index (Phi) is 2.14. The Balaban J connectivity index is 2.16. The minimum Gasteiger partial charge on any atom is -0.351 e. The third-order valence-electron chi connectivity index (χ3n) is 2.13. The highest BCUT2D eigenvalue weighted by Gasteiger charge is 2.19. The molecule has 0 saturated heterocycles. The second-order valence-electron chi connectivity index (χ2n) is 3.02. The van der Waals surface area contributed by atoms with Gasteiger partial charge in [0.2, 0.25) is 0 Å². The number of primary amides is 1. The van der Waals surface area contributed by atoms with Crippen molar-refractivity contribution in [2.45, 2.75) is 19.3 Å². The number of amides is 2. The molecule has 0 aromatic carbocycles. The maximum Gasteiger partial charge on any atom is 0.314 e. The number of nitrogens with two attached hydrogens (primary N) is 1. The molecule has 0 unspecified atom stereocenters. The van der Waals surface area contributed by atoms with Gasteiger partial charge in [0.1, 0.15) is 0 Å². The summed E-state index contributed by atoms with van der Waals surface area (Å²) in [4.78, 5) is 12.1. The molecule has 1 saturated carbocycles. The van der Waals surface area contributed by atoms with E-state index in [2.05, 4.69) is 0 Å². The molecule has 1 aliphatic carbocycles. The number of rotatable bonds is 2. The van der Waals surface area contributed by atoms with Crippen LogP contribution in [-0.2, 0) is 0 Å². The maximum absolute atomic E-state index is 10.5. The summed E-state index contributed by atoms with van der Waals surface area (Å²) in [5, 5.41) is 0. The van der Waals surface area contributed by atoms with Crippen molar-refractivity contribution in [2.75, 3.05) is 13.6 Å². The van der Waals surface area contributed by atoms with Crippen LogP contribution >= 0.6 is 0 Å². The zero-order chi connectivity index (χ0) is 7.56. The van der Waals surface area contributed by atoms with Gasteiger partial charge in [0.15, 0.2) is 0 Å². The molecule has 3 nitrogen and oxygen atoms in total. The molecule has 1 fully saturated rings. The molecule has 0 aliphatic heterocycles. The highest BCUT2D eigenvalue weighted by atomic mass is 16.2. The zero-order valence-electron chi connectivity index (χ0n) is 6.34. The second kappa shape index (κ2) is 2.90. The van der Waals surface area contributed by atoms with E-state index in [1.807, 2.05) is 0 Å². The van der Waals surface area contributed by atoms with Crippen LogP contribution in [0.2, 0.25) is 0 Å². The average molecular weight is 142 g/mol. The molecule has 2 N–H and O–H groups in total. The lowest BCUT2D eigenvalue weighted by Crippen LogP contribution is -2.37. The molecule has 0 bridgehead atoms. The summed E-state index contributed by atoms with van der Waals surface area (Å²) in [5.74, 6) is 0.720. The summed E-state index contributed by atoms with van der Waals surface area (Å²) in [5.41, 5.74) is 5.05. The average Bonchev–Trinajstić information content (AvgIpc) is 1.77. The van der Waals surface area contributed by atoms with E-state index in [9.17, 15) is 4.79 Å². The first-order chi connectivity index (χ1) is 4.70. The quantitative estimate of drug-likeness (QED) is 0.609. The lowest BCUT2D eigenvalue weighted by molar-refractivity contribution is 0.190. The van der Waals surface area contributed by atoms with E-state index < -0.39 is 0 Å². The Hall–Kier alpha value is -0.730. The molecule has 58 valence electrons. The molecule has 1 aliphatic rings. The van der Waals surface area contributed by atoms with Gasteiger partial charge in [-0.05, 0) is 18.8 Å². The normalized spacial score (nSPS) is 18.1. The van der Waals surface area contributed by atoms with E-state index in [1.165, 1.54) is 19.3 Å². The number of hydrogen-bond donors (Lipinski definition) is 1. The van der Waals surface area contributed by atoms with Crippen LogP contribution in [0.4, 0.5) is 4.79 Å². The monoisotopic (exact) mass is 142 g/mol. The predicted molar refractivity (Wildman–Crippen MR) is 39.6 cm³/mol. The smallest absolute Gasteiger partial charge is 0.314 e. The number of urea groups is 1. The van der Waals surface area contributed by atoms with Gasteiger partial charge in [-0.15, -0.1) is 0 Å². The molecule has 1 rings (SSSR count). The fourth-order valence-electron chi connectivity index (χ4n) is 1.15. The highest BCUT2D eigenvalue weighted by molar-refractivity contribution is 5.71. The van der Waals surface area contributed by atoms with Crippen LogP contribution in [0.1, 0.15) is 19.3 Å². The summed E-state index contributed by atoms with van der Waals surface area (Å²) in [7, 11) is 1.75. The minimum absolute atomic E-state index is 0.313. The van der Waals surface area contributed by atoms with Gasteiger partial charge in [-0.1, -0.05) is 6.42 Å². The summed E-state index contributed by atoms with van der Waals surface area (Å²) in [6.07, 6.45) is 3.84. The Morgan fingerprint density at radius 2 is 2.30 bits per heavy atom. The van der Waals surface area contributed by atoms with Crippen molar-refractivity contribution in [1.29, 1.82) is 0 Å². The van der Waals surface area contributed by atoms with Crippen molar-refractivity contribution in [3.63, 3.8) is 0 Å². The van der Waals surface area contributed by atoms with Crippen molar-refractivity contribution in [1.82, 2.24) is 4.90 Å². The van der Waals surface area contributed by atoms with Gasteiger partial charge in [0.25, 0.3) is 0 Å². The van der Waals surface area contributed by atoms with E-state index in [0.29, 0.717) is 0 Å².